The van der Waals surface area contributed by atoms with Gasteiger partial charge < -0.3 is 5.73 Å². The third-order valence-corrected chi connectivity index (χ3v) is 1.37. The van der Waals surface area contributed by atoms with E-state index in [4.69, 9.17) is 12.3 Å². The fraction of sp³-hybridized carbons (Fsp3) is 0.125. The zero-order chi connectivity index (χ0) is 8.27. The van der Waals surface area contributed by atoms with E-state index in [1.54, 1.807) is 6.07 Å². The van der Waals surface area contributed by atoms with Crippen molar-refractivity contribution < 1.29 is 4.39 Å². The monoisotopic (exact) mass is 150 g/mol. The Labute approximate surface area is 64.3 Å². The smallest absolute Gasteiger partial charge is 0.222 e. The molecule has 0 saturated heterocycles. The molecule has 1 rings (SSSR count). The largest absolute Gasteiger partial charge is 0.326 e. The minimum absolute atomic E-state index is 0.0437. The topological polar surface area (TPSA) is 30.4 Å². The quantitative estimate of drug-likeness (QED) is 0.608. The first-order valence-electron chi connectivity index (χ1n) is 3.14. The van der Waals surface area contributed by atoms with E-state index in [-0.39, 0.29) is 5.69 Å². The standard InChI is InChI=1S/C8H7FN2/c1-11-8-3-2-6(5-10)4-7(8)9/h2-4H,5,10H2. The summed E-state index contributed by atoms with van der Waals surface area (Å²) in [4.78, 5) is 2.98. The molecule has 0 bridgehead atoms. The Morgan fingerprint density at radius 2 is 2.27 bits per heavy atom. The molecule has 2 nitrogen and oxygen atoms in total. The van der Waals surface area contributed by atoms with Crippen LogP contribution < -0.4 is 5.73 Å². The normalized spacial score (nSPS) is 9.18. The van der Waals surface area contributed by atoms with Crippen LogP contribution in [0.3, 0.4) is 0 Å². The van der Waals surface area contributed by atoms with E-state index in [2.05, 4.69) is 4.85 Å². The van der Waals surface area contributed by atoms with Gasteiger partial charge in [0.2, 0.25) is 5.69 Å². The second kappa shape index (κ2) is 3.13. The molecule has 0 heterocycles. The van der Waals surface area contributed by atoms with Crippen molar-refractivity contribution in [2.45, 2.75) is 6.54 Å². The van der Waals surface area contributed by atoms with Crippen LogP contribution in [0.25, 0.3) is 4.85 Å². The summed E-state index contributed by atoms with van der Waals surface area (Å²) in [6.07, 6.45) is 0. The highest BCUT2D eigenvalue weighted by Crippen LogP contribution is 2.17. The second-order valence-corrected chi connectivity index (χ2v) is 2.10. The molecule has 0 unspecified atom stereocenters. The number of hydrogen-bond donors (Lipinski definition) is 1. The summed E-state index contributed by atoms with van der Waals surface area (Å²) < 4.78 is 12.8. The summed E-state index contributed by atoms with van der Waals surface area (Å²) in [5.74, 6) is -0.497. The lowest BCUT2D eigenvalue weighted by atomic mass is 10.2. The van der Waals surface area contributed by atoms with Crippen LogP contribution in [-0.2, 0) is 6.54 Å². The highest BCUT2D eigenvalue weighted by molar-refractivity contribution is 5.47. The Bertz CT molecular complexity index is 301. The fourth-order valence-corrected chi connectivity index (χ4v) is 0.768. The molecule has 0 aromatic heterocycles. The fourth-order valence-electron chi connectivity index (χ4n) is 0.768. The van der Waals surface area contributed by atoms with Gasteiger partial charge in [-0.1, -0.05) is 12.1 Å². The van der Waals surface area contributed by atoms with Crippen LogP contribution in [-0.4, -0.2) is 0 Å². The molecule has 0 radical (unpaired) electrons. The van der Waals surface area contributed by atoms with Crippen molar-refractivity contribution in [1.82, 2.24) is 0 Å². The summed E-state index contributed by atoms with van der Waals surface area (Å²) in [6.45, 7) is 6.87. The molecular weight excluding hydrogens is 143 g/mol. The van der Waals surface area contributed by atoms with Crippen LogP contribution in [0, 0.1) is 12.4 Å². The van der Waals surface area contributed by atoms with Crippen LogP contribution in [0.4, 0.5) is 10.1 Å². The zero-order valence-electron chi connectivity index (χ0n) is 5.84. The molecule has 1 aromatic rings. The third-order valence-electron chi connectivity index (χ3n) is 1.37. The first-order valence-corrected chi connectivity index (χ1v) is 3.14. The van der Waals surface area contributed by atoms with Gasteiger partial charge in [-0.2, -0.15) is 0 Å². The van der Waals surface area contributed by atoms with Crippen molar-refractivity contribution in [3.8, 4) is 0 Å². The SMILES string of the molecule is [C-]#[N+]c1ccc(CN)cc1F. The van der Waals surface area contributed by atoms with Crippen LogP contribution in [0.1, 0.15) is 5.56 Å². The predicted octanol–water partition coefficient (Wildman–Crippen LogP) is 1.84. The molecule has 0 aliphatic rings. The zero-order valence-corrected chi connectivity index (χ0v) is 5.84. The molecule has 2 N–H and O–H groups in total. The maximum absolute atomic E-state index is 12.8. The maximum Gasteiger partial charge on any atom is 0.222 e. The lowest BCUT2D eigenvalue weighted by Crippen LogP contribution is -1.95. The second-order valence-electron chi connectivity index (χ2n) is 2.10. The van der Waals surface area contributed by atoms with Gasteiger partial charge >= 0.3 is 0 Å². The van der Waals surface area contributed by atoms with Gasteiger partial charge in [0.05, 0.1) is 6.57 Å². The van der Waals surface area contributed by atoms with Crippen molar-refractivity contribution in [2.24, 2.45) is 5.73 Å². The first-order chi connectivity index (χ1) is 5.27. The van der Waals surface area contributed by atoms with Crippen molar-refractivity contribution in [3.63, 3.8) is 0 Å². The van der Waals surface area contributed by atoms with Crippen LogP contribution in [0.5, 0.6) is 0 Å². The molecule has 0 atom stereocenters. The van der Waals surface area contributed by atoms with Gasteiger partial charge in [0, 0.05) is 6.54 Å². The predicted molar refractivity (Wildman–Crippen MR) is 40.6 cm³/mol. The van der Waals surface area contributed by atoms with Crippen LogP contribution >= 0.6 is 0 Å². The summed E-state index contributed by atoms with van der Waals surface area (Å²) in [5, 5.41) is 0. The Balaban J connectivity index is 3.12. The Morgan fingerprint density at radius 1 is 1.55 bits per heavy atom. The Morgan fingerprint density at radius 3 is 2.73 bits per heavy atom. The van der Waals surface area contributed by atoms with E-state index in [0.717, 1.165) is 0 Å². The summed E-state index contributed by atoms with van der Waals surface area (Å²) >= 11 is 0. The molecular formula is C8H7FN2. The van der Waals surface area contributed by atoms with Gasteiger partial charge in [-0.15, -0.1) is 0 Å². The number of nitrogens with two attached hydrogens (primary N) is 1. The van der Waals surface area contributed by atoms with Crippen molar-refractivity contribution >= 4 is 5.69 Å². The van der Waals surface area contributed by atoms with E-state index in [0.29, 0.717) is 12.1 Å². The lowest BCUT2D eigenvalue weighted by Gasteiger charge is -1.96. The van der Waals surface area contributed by atoms with Crippen molar-refractivity contribution in [1.29, 1.82) is 0 Å². The van der Waals surface area contributed by atoms with Crippen LogP contribution in [0.2, 0.25) is 0 Å². The first kappa shape index (κ1) is 7.70. The Kier molecular flexibility index (Phi) is 2.19. The number of hydrogen-bond acceptors (Lipinski definition) is 1. The van der Waals surface area contributed by atoms with Gasteiger partial charge in [0.1, 0.15) is 5.82 Å². The average Bonchev–Trinajstić information content (AvgIpc) is 2.04. The minimum Gasteiger partial charge on any atom is -0.326 e. The number of nitrogens with zero attached hydrogens (tertiary/aromatic N) is 1. The molecule has 0 spiro atoms. The van der Waals surface area contributed by atoms with E-state index < -0.39 is 5.82 Å². The molecule has 0 fully saturated rings. The number of benzene rings is 1. The van der Waals surface area contributed by atoms with E-state index in [1.807, 2.05) is 0 Å². The highest BCUT2D eigenvalue weighted by atomic mass is 19.1. The van der Waals surface area contributed by atoms with E-state index in [1.165, 1.54) is 12.1 Å². The van der Waals surface area contributed by atoms with Gasteiger partial charge in [-0.3, -0.25) is 0 Å². The van der Waals surface area contributed by atoms with E-state index in [9.17, 15) is 4.39 Å². The highest BCUT2D eigenvalue weighted by Gasteiger charge is 2.00. The molecule has 1 aromatic carbocycles. The van der Waals surface area contributed by atoms with Crippen LogP contribution in [0.15, 0.2) is 18.2 Å². The molecule has 0 aliphatic carbocycles. The minimum atomic E-state index is -0.497. The summed E-state index contributed by atoms with van der Waals surface area (Å²) in [6, 6.07) is 4.37. The van der Waals surface area contributed by atoms with Crippen molar-refractivity contribution in [2.75, 3.05) is 0 Å². The lowest BCUT2D eigenvalue weighted by molar-refractivity contribution is 0.631. The summed E-state index contributed by atoms with van der Waals surface area (Å²) in [7, 11) is 0. The van der Waals surface area contributed by atoms with Gasteiger partial charge in [-0.25, -0.2) is 9.24 Å². The third kappa shape index (κ3) is 1.54. The molecule has 0 aliphatic heterocycles. The van der Waals surface area contributed by atoms with Crippen molar-refractivity contribution in [3.05, 3.63) is 41.0 Å². The molecule has 11 heavy (non-hydrogen) atoms. The van der Waals surface area contributed by atoms with Gasteiger partial charge in [-0.05, 0) is 11.6 Å². The Hall–Kier alpha value is -1.40. The maximum atomic E-state index is 12.8. The molecule has 56 valence electrons. The van der Waals surface area contributed by atoms with Gasteiger partial charge in [0.25, 0.3) is 0 Å². The number of halogens is 1. The molecule has 0 saturated carbocycles. The number of rotatable bonds is 1. The molecule has 0 amide bonds. The van der Waals surface area contributed by atoms with E-state index >= 15 is 0 Å². The average molecular weight is 150 g/mol. The molecule has 3 heteroatoms. The summed E-state index contributed by atoms with van der Waals surface area (Å²) in [5.41, 5.74) is 6.01. The van der Waals surface area contributed by atoms with Gasteiger partial charge in [0.15, 0.2) is 0 Å².